The van der Waals surface area contributed by atoms with Gasteiger partial charge in [0.25, 0.3) is 0 Å². The number of hydrogen-bond donors (Lipinski definition) is 3. The lowest BCUT2D eigenvalue weighted by molar-refractivity contribution is -0.149. The van der Waals surface area contributed by atoms with E-state index in [9.17, 15) is 14.4 Å². The van der Waals surface area contributed by atoms with Gasteiger partial charge < -0.3 is 25.2 Å². The molecule has 1 aliphatic rings. The predicted molar refractivity (Wildman–Crippen MR) is 68.2 cm³/mol. The topological polar surface area (TPSA) is 114 Å². The normalized spacial score (nSPS) is 22.9. The van der Waals surface area contributed by atoms with Crippen LogP contribution in [0, 0.1) is 0 Å². The number of nitrogens with one attached hydrogen (secondary N) is 2. The molecule has 0 aliphatic carbocycles. The lowest BCUT2D eigenvalue weighted by Gasteiger charge is -2.15. The lowest BCUT2D eigenvalue weighted by Crippen LogP contribution is -2.46. The van der Waals surface area contributed by atoms with Gasteiger partial charge in [0.15, 0.2) is 6.10 Å². The van der Waals surface area contributed by atoms with Crippen LogP contribution in [0.3, 0.4) is 0 Å². The summed E-state index contributed by atoms with van der Waals surface area (Å²) in [6.07, 6.45) is -0.115. The number of carbonyl (C=O) groups excluding carboxylic acids is 2. The highest BCUT2D eigenvalue weighted by Gasteiger charge is 2.30. The molecule has 20 heavy (non-hydrogen) atoms. The van der Waals surface area contributed by atoms with Gasteiger partial charge in [-0.25, -0.2) is 14.4 Å². The highest BCUT2D eigenvalue weighted by Crippen LogP contribution is 2.19. The Kier molecular flexibility index (Phi) is 6.23. The second kappa shape index (κ2) is 7.68. The third-order valence-corrected chi connectivity index (χ3v) is 2.86. The third-order valence-electron chi connectivity index (χ3n) is 2.86. The second-order valence-corrected chi connectivity index (χ2v) is 4.49. The van der Waals surface area contributed by atoms with Crippen LogP contribution in [0.1, 0.15) is 26.7 Å². The van der Waals surface area contributed by atoms with E-state index in [0.717, 1.165) is 0 Å². The van der Waals surface area contributed by atoms with Gasteiger partial charge in [0.1, 0.15) is 6.04 Å². The van der Waals surface area contributed by atoms with Gasteiger partial charge in [-0.15, -0.1) is 0 Å². The zero-order chi connectivity index (χ0) is 15.1. The van der Waals surface area contributed by atoms with Crippen LogP contribution in [0.5, 0.6) is 0 Å². The highest BCUT2D eigenvalue weighted by molar-refractivity contribution is 5.83. The molecule has 8 nitrogen and oxygen atoms in total. The average Bonchev–Trinajstić information content (AvgIpc) is 2.85. The number of carboxylic acid groups (broad SMARTS) is 1. The van der Waals surface area contributed by atoms with E-state index in [4.69, 9.17) is 14.6 Å². The molecule has 3 N–H and O–H groups in total. The summed E-state index contributed by atoms with van der Waals surface area (Å²) in [6, 6.07) is -1.26. The molecule has 0 spiro atoms. The van der Waals surface area contributed by atoms with Crippen LogP contribution in [-0.4, -0.2) is 54.5 Å². The van der Waals surface area contributed by atoms with Crippen LogP contribution in [0.2, 0.25) is 0 Å². The number of ether oxygens (including phenoxy) is 2. The fraction of sp³-hybridized carbons (Fsp3) is 0.750. The molecule has 1 aliphatic heterocycles. The number of aliphatic carboxylic acids is 1. The van der Waals surface area contributed by atoms with Crippen molar-refractivity contribution in [3.63, 3.8) is 0 Å². The molecule has 0 radical (unpaired) electrons. The summed E-state index contributed by atoms with van der Waals surface area (Å²) in [6.45, 7) is 3.65. The largest absolute Gasteiger partial charge is 0.479 e. The molecule has 114 valence electrons. The molecule has 0 aromatic heterocycles. The highest BCUT2D eigenvalue weighted by atomic mass is 16.5. The number of carboxylic acids is 1. The Morgan fingerprint density at radius 3 is 2.65 bits per heavy atom. The van der Waals surface area contributed by atoms with Crippen molar-refractivity contribution in [2.45, 2.75) is 44.9 Å². The first-order valence-electron chi connectivity index (χ1n) is 6.53. The molecule has 1 saturated heterocycles. The number of esters is 1. The zero-order valence-electron chi connectivity index (χ0n) is 11.5. The van der Waals surface area contributed by atoms with Crippen molar-refractivity contribution in [2.75, 3.05) is 13.2 Å². The van der Waals surface area contributed by atoms with Crippen molar-refractivity contribution in [1.82, 2.24) is 10.6 Å². The Morgan fingerprint density at radius 1 is 1.40 bits per heavy atom. The van der Waals surface area contributed by atoms with Crippen molar-refractivity contribution in [1.29, 1.82) is 0 Å². The Hall–Kier alpha value is -1.83. The lowest BCUT2D eigenvalue weighted by atomic mass is 10.2. The van der Waals surface area contributed by atoms with Gasteiger partial charge in [-0.2, -0.15) is 0 Å². The van der Waals surface area contributed by atoms with E-state index >= 15 is 0 Å². The van der Waals surface area contributed by atoms with E-state index in [2.05, 4.69) is 10.6 Å². The summed E-state index contributed by atoms with van der Waals surface area (Å²) in [5.74, 6) is -1.50. The maximum Gasteiger partial charge on any atom is 0.332 e. The molecule has 1 heterocycles. The Balaban J connectivity index is 2.24. The first-order chi connectivity index (χ1) is 9.43. The average molecular weight is 288 g/mol. The zero-order valence-corrected chi connectivity index (χ0v) is 11.5. The van der Waals surface area contributed by atoms with Crippen LogP contribution >= 0.6 is 0 Å². The Labute approximate surface area is 116 Å². The minimum Gasteiger partial charge on any atom is -0.479 e. The summed E-state index contributed by atoms with van der Waals surface area (Å²) in [7, 11) is 0. The van der Waals surface area contributed by atoms with Crippen LogP contribution in [0.4, 0.5) is 4.79 Å². The smallest absolute Gasteiger partial charge is 0.332 e. The van der Waals surface area contributed by atoms with E-state index < -0.39 is 30.1 Å². The van der Waals surface area contributed by atoms with Gasteiger partial charge in [-0.1, -0.05) is 0 Å². The summed E-state index contributed by atoms with van der Waals surface area (Å²) in [4.78, 5) is 33.5. The predicted octanol–water partition coefficient (Wildman–Crippen LogP) is -0.131. The third kappa shape index (κ3) is 5.04. The van der Waals surface area contributed by atoms with Crippen molar-refractivity contribution in [3.8, 4) is 0 Å². The standard InChI is InChI=1S/C12H20N2O6/c1-3-19-11(17)7(2)14-12(18)13-6-8-4-5-9(20-8)10(15)16/h7-9H,3-6H2,1-2H3,(H,15,16)(H2,13,14,18). The van der Waals surface area contributed by atoms with Gasteiger partial charge in [0.2, 0.25) is 0 Å². The summed E-state index contributed by atoms with van der Waals surface area (Å²) in [5.41, 5.74) is 0. The van der Waals surface area contributed by atoms with Crippen molar-refractivity contribution < 1.29 is 29.0 Å². The van der Waals surface area contributed by atoms with E-state index in [1.807, 2.05) is 0 Å². The first kappa shape index (κ1) is 16.2. The van der Waals surface area contributed by atoms with E-state index in [1.165, 1.54) is 6.92 Å². The molecule has 8 heteroatoms. The van der Waals surface area contributed by atoms with Crippen molar-refractivity contribution >= 4 is 18.0 Å². The molecular weight excluding hydrogens is 268 g/mol. The molecule has 3 unspecified atom stereocenters. The minimum atomic E-state index is -0.993. The van der Waals surface area contributed by atoms with E-state index in [-0.39, 0.29) is 19.3 Å². The van der Waals surface area contributed by atoms with Gasteiger partial charge in [-0.05, 0) is 26.7 Å². The number of urea groups is 1. The van der Waals surface area contributed by atoms with E-state index in [1.54, 1.807) is 6.92 Å². The maximum absolute atomic E-state index is 11.5. The monoisotopic (exact) mass is 288 g/mol. The first-order valence-corrected chi connectivity index (χ1v) is 6.53. The molecule has 0 aromatic carbocycles. The number of rotatable bonds is 6. The van der Waals surface area contributed by atoms with Gasteiger partial charge in [-0.3, -0.25) is 0 Å². The van der Waals surface area contributed by atoms with E-state index in [0.29, 0.717) is 12.8 Å². The number of hydrogen-bond acceptors (Lipinski definition) is 5. The van der Waals surface area contributed by atoms with Gasteiger partial charge in [0, 0.05) is 6.54 Å². The molecule has 0 aromatic rings. The molecule has 1 fully saturated rings. The Bertz CT molecular complexity index is 373. The van der Waals surface area contributed by atoms with Crippen LogP contribution in [0.25, 0.3) is 0 Å². The van der Waals surface area contributed by atoms with Crippen molar-refractivity contribution in [3.05, 3.63) is 0 Å². The van der Waals surface area contributed by atoms with Gasteiger partial charge in [0.05, 0.1) is 12.7 Å². The fourth-order valence-corrected chi connectivity index (χ4v) is 1.82. The summed E-state index contributed by atoms with van der Waals surface area (Å²) in [5, 5.41) is 13.7. The molecular formula is C12H20N2O6. The molecule has 1 rings (SSSR count). The van der Waals surface area contributed by atoms with Gasteiger partial charge >= 0.3 is 18.0 Å². The van der Waals surface area contributed by atoms with Crippen LogP contribution in [-0.2, 0) is 19.1 Å². The summed E-state index contributed by atoms with van der Waals surface area (Å²) >= 11 is 0. The van der Waals surface area contributed by atoms with Crippen LogP contribution in [0.15, 0.2) is 0 Å². The number of amides is 2. The maximum atomic E-state index is 11.5. The quantitative estimate of drug-likeness (QED) is 0.587. The Morgan fingerprint density at radius 2 is 2.10 bits per heavy atom. The molecule has 3 atom stereocenters. The minimum absolute atomic E-state index is 0.200. The molecule has 0 saturated carbocycles. The summed E-state index contributed by atoms with van der Waals surface area (Å²) < 4.78 is 9.98. The fourth-order valence-electron chi connectivity index (χ4n) is 1.82. The second-order valence-electron chi connectivity index (χ2n) is 4.49. The molecule has 0 bridgehead atoms. The van der Waals surface area contributed by atoms with Crippen LogP contribution < -0.4 is 10.6 Å². The SMILES string of the molecule is CCOC(=O)C(C)NC(=O)NCC1CCC(C(=O)O)O1. The number of carbonyl (C=O) groups is 3. The van der Waals surface area contributed by atoms with Crippen molar-refractivity contribution in [2.24, 2.45) is 0 Å². The molecule has 2 amide bonds.